The van der Waals surface area contributed by atoms with Gasteiger partial charge in [0.25, 0.3) is 11.4 Å². The van der Waals surface area contributed by atoms with E-state index in [1.807, 2.05) is 0 Å². The summed E-state index contributed by atoms with van der Waals surface area (Å²) >= 11 is 4.78. The Morgan fingerprint density at radius 2 is 1.36 bits per heavy atom. The normalized spacial score (nSPS) is 13.0. The molecule has 0 aliphatic carbocycles. The average Bonchev–Trinajstić information content (AvgIpc) is 3.26. The summed E-state index contributed by atoms with van der Waals surface area (Å²) < 4.78 is 5.99. The SMILES string of the molecule is O=C(O)c1cc([N+](=O)[O-])c(-c2ccc3c(c2N=C=S)C(=O)OC3(c2ccc(O)cc2)c2ccc(O)cc2)c([N+](=O)[O-])c1. The number of nitrogens with zero attached hydrogens (tertiary/aromatic N) is 3. The summed E-state index contributed by atoms with van der Waals surface area (Å²) in [4.78, 5) is 51.3. The number of cyclic esters (lactones) is 1. The van der Waals surface area contributed by atoms with Crippen LogP contribution < -0.4 is 0 Å². The number of carbonyl (C=O) groups excluding carboxylic acids is 1. The number of fused-ring (bicyclic) bond motifs is 1. The van der Waals surface area contributed by atoms with Gasteiger partial charge in [0.15, 0.2) is 5.60 Å². The summed E-state index contributed by atoms with van der Waals surface area (Å²) in [6.45, 7) is 0. The molecule has 0 atom stereocenters. The first-order valence-corrected chi connectivity index (χ1v) is 12.2. The summed E-state index contributed by atoms with van der Waals surface area (Å²) in [5.41, 5.74) is -4.76. The van der Waals surface area contributed by atoms with Gasteiger partial charge in [-0.3, -0.25) is 20.2 Å². The molecule has 0 saturated heterocycles. The number of aromatic hydroxyl groups is 2. The van der Waals surface area contributed by atoms with Gasteiger partial charge in [-0.2, -0.15) is 4.99 Å². The van der Waals surface area contributed by atoms with Crippen molar-refractivity contribution in [3.05, 3.63) is 121 Å². The lowest BCUT2D eigenvalue weighted by molar-refractivity contribution is -0.392. The zero-order valence-corrected chi connectivity index (χ0v) is 21.7. The number of ether oxygens (including phenoxy) is 1. The number of hydrogen-bond donors (Lipinski definition) is 3. The van der Waals surface area contributed by atoms with Gasteiger partial charge in [0.1, 0.15) is 17.1 Å². The molecule has 0 unspecified atom stereocenters. The first-order chi connectivity index (χ1) is 20.0. The lowest BCUT2D eigenvalue weighted by Gasteiger charge is -2.30. The van der Waals surface area contributed by atoms with E-state index >= 15 is 0 Å². The van der Waals surface area contributed by atoms with E-state index in [9.17, 15) is 45.1 Å². The molecule has 208 valence electrons. The fourth-order valence-corrected chi connectivity index (χ4v) is 5.08. The minimum absolute atomic E-state index is 0.0741. The van der Waals surface area contributed by atoms with Gasteiger partial charge in [0.2, 0.25) is 0 Å². The van der Waals surface area contributed by atoms with Crippen LogP contribution in [0.3, 0.4) is 0 Å². The monoisotopic (exact) mass is 585 g/mol. The molecule has 42 heavy (non-hydrogen) atoms. The van der Waals surface area contributed by atoms with E-state index in [0.29, 0.717) is 23.3 Å². The van der Waals surface area contributed by atoms with E-state index in [2.05, 4.69) is 10.2 Å². The lowest BCUT2D eigenvalue weighted by Crippen LogP contribution is -2.29. The number of isothiocyanates is 1. The molecule has 4 aromatic rings. The third-order valence-electron chi connectivity index (χ3n) is 6.72. The van der Waals surface area contributed by atoms with E-state index < -0.39 is 49.9 Å². The molecule has 1 heterocycles. The van der Waals surface area contributed by atoms with E-state index in [1.165, 1.54) is 60.7 Å². The number of carbonyl (C=O) groups is 2. The van der Waals surface area contributed by atoms with Crippen LogP contribution in [-0.2, 0) is 10.3 Å². The van der Waals surface area contributed by atoms with Crippen molar-refractivity contribution >= 4 is 46.4 Å². The second kappa shape index (κ2) is 10.2. The van der Waals surface area contributed by atoms with Crippen LogP contribution >= 0.6 is 12.2 Å². The standard InChI is InChI=1S/C28H15N3O10S/c32-17-5-1-15(2-6-17)28(16-3-7-18(33)8-4-16)20-10-9-19(25(29-13-42)24(20)27(36)41-28)23-21(30(37)38)11-14(26(34)35)12-22(23)31(39)40/h1-12,32-33H,(H,34,35). The van der Waals surface area contributed by atoms with E-state index in [-0.39, 0.29) is 33.9 Å². The molecule has 3 N–H and O–H groups in total. The largest absolute Gasteiger partial charge is 0.508 e. The number of phenols is 2. The van der Waals surface area contributed by atoms with Crippen LogP contribution in [0.15, 0.2) is 77.8 Å². The Morgan fingerprint density at radius 3 is 1.79 bits per heavy atom. The van der Waals surface area contributed by atoms with Gasteiger partial charge < -0.3 is 20.1 Å². The third kappa shape index (κ3) is 4.29. The number of thiocarbonyl (C=S) groups is 1. The van der Waals surface area contributed by atoms with Crippen LogP contribution in [0.5, 0.6) is 11.5 Å². The molecule has 0 spiro atoms. The van der Waals surface area contributed by atoms with E-state index in [4.69, 9.17) is 17.0 Å². The molecule has 13 nitrogen and oxygen atoms in total. The Balaban J connectivity index is 1.90. The van der Waals surface area contributed by atoms with Gasteiger partial charge in [-0.05, 0) is 36.5 Å². The maximum Gasteiger partial charge on any atom is 0.342 e. The summed E-state index contributed by atoms with van der Waals surface area (Å²) in [5.74, 6) is -2.75. The van der Waals surface area contributed by atoms with Crippen molar-refractivity contribution in [1.29, 1.82) is 0 Å². The van der Waals surface area contributed by atoms with Crippen LogP contribution in [0.25, 0.3) is 11.1 Å². The second-order valence-corrected chi connectivity index (χ2v) is 9.14. The Kier molecular flexibility index (Phi) is 6.70. The number of hydrogen-bond acceptors (Lipinski definition) is 11. The zero-order chi connectivity index (χ0) is 30.3. The van der Waals surface area contributed by atoms with Gasteiger partial charge >= 0.3 is 11.9 Å². The Morgan fingerprint density at radius 1 is 0.857 bits per heavy atom. The molecule has 5 rings (SSSR count). The van der Waals surface area contributed by atoms with Crippen molar-refractivity contribution in [1.82, 2.24) is 0 Å². The number of aromatic carboxylic acids is 1. The van der Waals surface area contributed by atoms with Crippen LogP contribution in [0.4, 0.5) is 17.1 Å². The molecule has 0 amide bonds. The maximum atomic E-state index is 13.6. The highest BCUT2D eigenvalue weighted by atomic mass is 32.1. The summed E-state index contributed by atoms with van der Waals surface area (Å²) in [5, 5.41) is 55.3. The minimum atomic E-state index is -1.68. The van der Waals surface area contributed by atoms with Gasteiger partial charge in [-0.25, -0.2) is 9.59 Å². The average molecular weight is 586 g/mol. The molecule has 0 saturated carbocycles. The highest BCUT2D eigenvalue weighted by molar-refractivity contribution is 7.78. The topological polar surface area (TPSA) is 203 Å². The maximum absolute atomic E-state index is 13.6. The molecule has 14 heteroatoms. The van der Waals surface area contributed by atoms with Gasteiger partial charge in [0, 0.05) is 34.4 Å². The number of nitro benzene ring substituents is 2. The number of benzene rings is 4. The predicted octanol–water partition coefficient (Wildman–Crippen LogP) is 5.48. The number of nitro groups is 2. The van der Waals surface area contributed by atoms with Crippen LogP contribution in [0.2, 0.25) is 0 Å². The number of phenolic OH excluding ortho intramolecular Hbond substituents is 2. The molecular weight excluding hydrogens is 570 g/mol. The quantitative estimate of drug-likeness (QED) is 0.0815. The van der Waals surface area contributed by atoms with Crippen LogP contribution in [-0.4, -0.2) is 42.3 Å². The molecule has 1 aliphatic heterocycles. The van der Waals surface area contributed by atoms with E-state index in [1.54, 1.807) is 0 Å². The Hall–Kier alpha value is -5.98. The third-order valence-corrected chi connectivity index (χ3v) is 6.81. The van der Waals surface area contributed by atoms with Crippen molar-refractivity contribution in [3.8, 4) is 22.6 Å². The molecule has 0 aromatic heterocycles. The Labute approximate surface area is 239 Å². The van der Waals surface area contributed by atoms with Gasteiger partial charge in [-0.15, -0.1) is 0 Å². The number of esters is 1. The summed E-state index contributed by atoms with van der Waals surface area (Å²) in [7, 11) is 0. The van der Waals surface area contributed by atoms with Crippen LogP contribution in [0, 0.1) is 20.2 Å². The molecule has 0 fully saturated rings. The highest BCUT2D eigenvalue weighted by Crippen LogP contribution is 2.53. The molecular formula is C28H15N3O10S. The number of carboxylic acid groups (broad SMARTS) is 1. The number of aliphatic imine (C=N–C) groups is 1. The van der Waals surface area contributed by atoms with Crippen molar-refractivity contribution in [2.24, 2.45) is 4.99 Å². The fraction of sp³-hybridized carbons (Fsp3) is 0.0357. The first kappa shape index (κ1) is 27.6. The number of rotatable bonds is 7. The van der Waals surface area contributed by atoms with Crippen LogP contribution in [0.1, 0.15) is 37.4 Å². The molecule has 4 aromatic carbocycles. The summed E-state index contributed by atoms with van der Waals surface area (Å²) in [6.07, 6.45) is 0. The zero-order valence-electron chi connectivity index (χ0n) is 20.9. The van der Waals surface area contributed by atoms with E-state index in [0.717, 1.165) is 0 Å². The second-order valence-electron chi connectivity index (χ2n) is 8.96. The van der Waals surface area contributed by atoms with Crippen molar-refractivity contribution in [3.63, 3.8) is 0 Å². The first-order valence-electron chi connectivity index (χ1n) is 11.8. The smallest absolute Gasteiger partial charge is 0.342 e. The fourth-order valence-electron chi connectivity index (χ4n) is 4.99. The number of carboxylic acids is 1. The van der Waals surface area contributed by atoms with Crippen molar-refractivity contribution < 1.29 is 39.5 Å². The Bertz CT molecular complexity index is 1800. The molecule has 0 bridgehead atoms. The lowest BCUT2D eigenvalue weighted by atomic mass is 9.78. The molecule has 0 radical (unpaired) electrons. The van der Waals surface area contributed by atoms with Gasteiger partial charge in [0.05, 0.1) is 31.8 Å². The van der Waals surface area contributed by atoms with Crippen molar-refractivity contribution in [2.45, 2.75) is 5.60 Å². The molecule has 1 aliphatic rings. The highest BCUT2D eigenvalue weighted by Gasteiger charge is 2.50. The predicted molar refractivity (Wildman–Crippen MR) is 148 cm³/mol. The van der Waals surface area contributed by atoms with Crippen molar-refractivity contribution in [2.75, 3.05) is 0 Å². The summed E-state index contributed by atoms with van der Waals surface area (Å²) in [6, 6.07) is 15.4. The minimum Gasteiger partial charge on any atom is -0.508 e. The van der Waals surface area contributed by atoms with Gasteiger partial charge in [-0.1, -0.05) is 36.4 Å².